The summed E-state index contributed by atoms with van der Waals surface area (Å²) >= 11 is 0. The maximum Gasteiger partial charge on any atom is 0.255 e. The average Bonchev–Trinajstić information content (AvgIpc) is 3.46. The van der Waals surface area contributed by atoms with E-state index in [4.69, 9.17) is 24.3 Å². The van der Waals surface area contributed by atoms with Crippen molar-refractivity contribution in [3.63, 3.8) is 0 Å². The summed E-state index contributed by atoms with van der Waals surface area (Å²) in [6.07, 6.45) is -0.801. The Hall–Kier alpha value is -4.42. The van der Waals surface area contributed by atoms with Crippen molar-refractivity contribution < 1.29 is 32.5 Å². The van der Waals surface area contributed by atoms with Gasteiger partial charge in [0, 0.05) is 54.3 Å². The van der Waals surface area contributed by atoms with Crippen molar-refractivity contribution in [2.24, 2.45) is 10.1 Å². The lowest BCUT2D eigenvalue weighted by molar-refractivity contribution is -0.144. The minimum atomic E-state index is -3.81. The number of amides is 1. The van der Waals surface area contributed by atoms with Gasteiger partial charge in [0.1, 0.15) is 5.75 Å². The molecule has 1 fully saturated rings. The Kier molecular flexibility index (Phi) is 9.81. The molecule has 3 aromatic carbocycles. The molecule has 2 aliphatic heterocycles. The van der Waals surface area contributed by atoms with Crippen molar-refractivity contribution >= 4 is 27.3 Å². The van der Waals surface area contributed by atoms with Crippen LogP contribution in [-0.2, 0) is 24.1 Å². The number of morpholine rings is 1. The van der Waals surface area contributed by atoms with E-state index in [1.165, 1.54) is 12.1 Å². The third kappa shape index (κ3) is 6.71. The second-order valence-electron chi connectivity index (χ2n) is 10.3. The molecule has 2 atom stereocenters. The van der Waals surface area contributed by atoms with Gasteiger partial charge in [-0.3, -0.25) is 4.79 Å². The summed E-state index contributed by atoms with van der Waals surface area (Å²) in [4.78, 5) is 24.2. The first-order valence-electron chi connectivity index (χ1n) is 14.3. The molecule has 12 nitrogen and oxygen atoms in total. The van der Waals surface area contributed by atoms with Crippen molar-refractivity contribution in [1.82, 2.24) is 4.90 Å². The first-order valence-corrected chi connectivity index (χ1v) is 15.9. The largest absolute Gasteiger partial charge is 0.494 e. The van der Waals surface area contributed by atoms with Gasteiger partial charge >= 0.3 is 0 Å². The van der Waals surface area contributed by atoms with Gasteiger partial charge in [-0.2, -0.15) is 0 Å². The molecule has 1 amide bonds. The highest BCUT2D eigenvalue weighted by molar-refractivity contribution is 7.91. The number of rotatable bonds is 12. The SMILES string of the molecule is [N-]=[N+]=Nc1ccccc1[C@H]1OC(c2ccc(OCCCO)cc2)=N[C@@]1(CCS(=O)(=O)c1ccccc1)C(=O)N1CCOCC1. The Labute approximate surface area is 255 Å². The van der Waals surface area contributed by atoms with Crippen LogP contribution in [0.1, 0.15) is 30.1 Å². The van der Waals surface area contributed by atoms with E-state index in [0.717, 1.165) is 0 Å². The number of hydrogen-bond acceptors (Lipinski definition) is 9. The van der Waals surface area contributed by atoms with E-state index >= 15 is 0 Å². The maximum atomic E-state index is 14.6. The number of azide groups is 1. The van der Waals surface area contributed by atoms with Crippen molar-refractivity contribution in [1.29, 1.82) is 0 Å². The number of aliphatic hydroxyl groups is 1. The maximum absolute atomic E-state index is 14.6. The van der Waals surface area contributed by atoms with E-state index < -0.39 is 27.4 Å². The van der Waals surface area contributed by atoms with Crippen LogP contribution in [0.25, 0.3) is 10.4 Å². The predicted molar refractivity (Wildman–Crippen MR) is 162 cm³/mol. The Balaban J connectivity index is 1.61. The Morgan fingerprint density at radius 3 is 2.48 bits per heavy atom. The minimum Gasteiger partial charge on any atom is -0.494 e. The normalized spacial score (nSPS) is 19.9. The number of aliphatic hydroxyl groups excluding tert-OH is 1. The monoisotopic (exact) mass is 619 g/mol. The average molecular weight is 620 g/mol. The van der Waals surface area contributed by atoms with Gasteiger partial charge < -0.3 is 24.2 Å². The van der Waals surface area contributed by atoms with Crippen LogP contribution in [-0.4, -0.2) is 81.0 Å². The number of hydrogen-bond donors (Lipinski definition) is 1. The summed E-state index contributed by atoms with van der Waals surface area (Å²) < 4.78 is 44.6. The summed E-state index contributed by atoms with van der Waals surface area (Å²) in [5.74, 6) is -0.0591. The second-order valence-corrected chi connectivity index (χ2v) is 12.4. The number of sulfone groups is 1. The van der Waals surface area contributed by atoms with Gasteiger partial charge in [0.05, 0.1) is 30.5 Å². The first kappa shape index (κ1) is 31.0. The van der Waals surface area contributed by atoms with Crippen LogP contribution < -0.4 is 4.74 Å². The fourth-order valence-electron chi connectivity index (χ4n) is 5.26. The summed E-state index contributed by atoms with van der Waals surface area (Å²) in [5.41, 5.74) is 8.79. The van der Waals surface area contributed by atoms with Crippen molar-refractivity contribution in [2.45, 2.75) is 29.4 Å². The molecule has 0 aromatic heterocycles. The Morgan fingerprint density at radius 2 is 1.77 bits per heavy atom. The summed E-state index contributed by atoms with van der Waals surface area (Å²) in [6.45, 7) is 1.64. The van der Waals surface area contributed by atoms with Crippen LogP contribution in [0.3, 0.4) is 0 Å². The number of benzene rings is 3. The lowest BCUT2D eigenvalue weighted by Gasteiger charge is -2.37. The first-order chi connectivity index (χ1) is 21.4. The molecule has 13 heteroatoms. The van der Waals surface area contributed by atoms with Gasteiger partial charge in [-0.15, -0.1) is 0 Å². The van der Waals surface area contributed by atoms with Crippen LogP contribution in [0.2, 0.25) is 0 Å². The third-order valence-corrected chi connectivity index (χ3v) is 9.26. The lowest BCUT2D eigenvalue weighted by Crippen LogP contribution is -2.54. The molecule has 44 heavy (non-hydrogen) atoms. The molecule has 3 aromatic rings. The van der Waals surface area contributed by atoms with Crippen molar-refractivity contribution in [3.05, 3.63) is 100 Å². The second kappa shape index (κ2) is 13.9. The summed E-state index contributed by atoms with van der Waals surface area (Å²) in [6, 6.07) is 21.7. The molecule has 0 radical (unpaired) electrons. The van der Waals surface area contributed by atoms with Gasteiger partial charge in [0.2, 0.25) is 5.90 Å². The van der Waals surface area contributed by atoms with Crippen LogP contribution in [0.5, 0.6) is 5.75 Å². The van der Waals surface area contributed by atoms with Gasteiger partial charge in [-0.1, -0.05) is 47.6 Å². The molecule has 0 spiro atoms. The van der Waals surface area contributed by atoms with Crippen molar-refractivity contribution in [3.8, 4) is 5.75 Å². The van der Waals surface area contributed by atoms with Crippen LogP contribution >= 0.6 is 0 Å². The zero-order valence-electron chi connectivity index (χ0n) is 24.0. The highest BCUT2D eigenvalue weighted by Gasteiger charge is 2.55. The molecular formula is C31H33N5O7S. The van der Waals surface area contributed by atoms with E-state index in [1.807, 2.05) is 0 Å². The molecular weight excluding hydrogens is 586 g/mol. The minimum absolute atomic E-state index is 0.0146. The van der Waals surface area contributed by atoms with Crippen LogP contribution in [0.15, 0.2) is 93.9 Å². The molecule has 2 aliphatic rings. The predicted octanol–water partition coefficient (Wildman–Crippen LogP) is 4.37. The van der Waals surface area contributed by atoms with E-state index in [1.54, 1.807) is 71.6 Å². The highest BCUT2D eigenvalue weighted by Crippen LogP contribution is 2.46. The zero-order chi connectivity index (χ0) is 31.0. The molecule has 0 unspecified atom stereocenters. The molecule has 2 heterocycles. The fraction of sp³-hybridized carbons (Fsp3) is 0.355. The molecule has 1 saturated heterocycles. The molecule has 0 aliphatic carbocycles. The number of ether oxygens (including phenoxy) is 3. The van der Waals surface area contributed by atoms with Gasteiger partial charge in [0.15, 0.2) is 21.5 Å². The molecule has 0 saturated carbocycles. The number of aliphatic imine (C=N–C) groups is 1. The molecule has 0 bridgehead atoms. The van der Waals surface area contributed by atoms with Crippen LogP contribution in [0, 0.1) is 0 Å². The van der Waals surface area contributed by atoms with Gasteiger partial charge in [-0.25, -0.2) is 13.4 Å². The highest BCUT2D eigenvalue weighted by atomic mass is 32.2. The zero-order valence-corrected chi connectivity index (χ0v) is 24.8. The van der Waals surface area contributed by atoms with Crippen molar-refractivity contribution in [2.75, 3.05) is 45.3 Å². The van der Waals surface area contributed by atoms with E-state index in [9.17, 15) is 18.7 Å². The number of carbonyl (C=O) groups is 1. The van der Waals surface area contributed by atoms with Crippen LogP contribution in [0.4, 0.5) is 5.69 Å². The Bertz CT molecular complexity index is 1640. The quantitative estimate of drug-likeness (QED) is 0.136. The lowest BCUT2D eigenvalue weighted by atomic mass is 9.83. The smallest absolute Gasteiger partial charge is 0.255 e. The Morgan fingerprint density at radius 1 is 1.07 bits per heavy atom. The molecule has 1 N–H and O–H groups in total. The third-order valence-electron chi connectivity index (χ3n) is 7.53. The topological polar surface area (TPSA) is 163 Å². The molecule has 230 valence electrons. The number of carbonyl (C=O) groups excluding carboxylic acids is 1. The van der Waals surface area contributed by atoms with E-state index in [0.29, 0.717) is 56.2 Å². The standard InChI is InChI=1S/C31H33N5O7S/c32-35-34-27-10-5-4-9-26(27)28-31(30(38)36-16-20-41-21-17-36,15-22-44(39,40)25-7-2-1-3-8-25)33-29(43-28)23-11-13-24(14-12-23)42-19-6-18-37/h1-5,7-14,28,37H,6,15-22H2/t28-,31-/m1/s1. The number of nitrogens with zero attached hydrogens (tertiary/aromatic N) is 5. The summed E-state index contributed by atoms with van der Waals surface area (Å²) in [5, 5.41) is 12.9. The van der Waals surface area contributed by atoms with Gasteiger partial charge in [0.25, 0.3) is 5.91 Å². The molecule has 5 rings (SSSR count). The fourth-order valence-corrected chi connectivity index (χ4v) is 6.64. The van der Waals surface area contributed by atoms with Gasteiger partial charge in [-0.05, 0) is 41.9 Å². The van der Waals surface area contributed by atoms with E-state index in [2.05, 4.69) is 10.0 Å². The van der Waals surface area contributed by atoms with E-state index in [-0.39, 0.29) is 35.3 Å². The summed E-state index contributed by atoms with van der Waals surface area (Å²) in [7, 11) is -3.81.